The molecule has 1 aromatic rings. The van der Waals surface area contributed by atoms with Crippen molar-refractivity contribution < 1.29 is 14.3 Å². The van der Waals surface area contributed by atoms with E-state index in [1.807, 2.05) is 20.8 Å². The maximum atomic E-state index is 12.6. The molecule has 0 N–H and O–H groups in total. The third kappa shape index (κ3) is 5.53. The number of amides is 1. The molecule has 5 heteroatoms. The van der Waals surface area contributed by atoms with Crippen LogP contribution in [0, 0.1) is 0 Å². The van der Waals surface area contributed by atoms with Gasteiger partial charge in [0.15, 0.2) is 0 Å². The summed E-state index contributed by atoms with van der Waals surface area (Å²) >= 11 is 5.85. The summed E-state index contributed by atoms with van der Waals surface area (Å²) in [6.07, 6.45) is 2.98. The third-order valence-electron chi connectivity index (χ3n) is 2.97. The summed E-state index contributed by atoms with van der Waals surface area (Å²) in [4.78, 5) is 25.6. The van der Waals surface area contributed by atoms with Crippen LogP contribution >= 0.6 is 11.6 Å². The molecule has 0 aliphatic rings. The molecule has 0 atom stereocenters. The molecule has 0 fully saturated rings. The maximum absolute atomic E-state index is 12.6. The largest absolute Gasteiger partial charge is 0.463 e. The fourth-order valence-electron chi connectivity index (χ4n) is 1.85. The van der Waals surface area contributed by atoms with Crippen LogP contribution in [0.5, 0.6) is 0 Å². The smallest absolute Gasteiger partial charge is 0.330 e. The molecule has 22 heavy (non-hydrogen) atoms. The van der Waals surface area contributed by atoms with Crippen LogP contribution in [0.1, 0.15) is 38.1 Å². The Morgan fingerprint density at radius 2 is 1.82 bits per heavy atom. The SMILES string of the molecule is CCOC(=O)/C=C/CN(C(=O)c1ccc(Cl)cc1)C(C)(C)C. The normalized spacial score (nSPS) is 11.5. The van der Waals surface area contributed by atoms with E-state index < -0.39 is 5.97 Å². The molecular formula is C17H22ClNO3. The standard InChI is InChI=1S/C17H22ClNO3/c1-5-22-15(20)7-6-12-19(17(2,3)4)16(21)13-8-10-14(18)11-9-13/h6-11H,5,12H2,1-4H3/b7-6+. The predicted molar refractivity (Wildman–Crippen MR) is 88.0 cm³/mol. The molecule has 0 saturated heterocycles. The fourth-order valence-corrected chi connectivity index (χ4v) is 1.98. The molecule has 0 spiro atoms. The minimum atomic E-state index is -0.407. The number of esters is 1. The Labute approximate surface area is 136 Å². The van der Waals surface area contributed by atoms with Gasteiger partial charge in [0.2, 0.25) is 0 Å². The molecular weight excluding hydrogens is 302 g/mol. The van der Waals surface area contributed by atoms with Crippen LogP contribution in [0.25, 0.3) is 0 Å². The number of carbonyl (C=O) groups excluding carboxylic acids is 2. The lowest BCUT2D eigenvalue weighted by Gasteiger charge is -2.35. The molecule has 1 aromatic carbocycles. The highest BCUT2D eigenvalue weighted by Gasteiger charge is 2.26. The molecule has 0 aromatic heterocycles. The zero-order chi connectivity index (χ0) is 16.8. The molecule has 4 nitrogen and oxygen atoms in total. The van der Waals surface area contributed by atoms with Crippen LogP contribution in [0.15, 0.2) is 36.4 Å². The Kier molecular flexibility index (Phi) is 6.62. The molecule has 0 radical (unpaired) electrons. The van der Waals surface area contributed by atoms with E-state index >= 15 is 0 Å². The van der Waals surface area contributed by atoms with Gasteiger partial charge in [-0.25, -0.2) is 4.79 Å². The van der Waals surface area contributed by atoms with Crippen molar-refractivity contribution in [2.24, 2.45) is 0 Å². The summed E-state index contributed by atoms with van der Waals surface area (Å²) in [5.74, 6) is -0.520. The summed E-state index contributed by atoms with van der Waals surface area (Å²) < 4.78 is 4.82. The van der Waals surface area contributed by atoms with Crippen molar-refractivity contribution in [3.8, 4) is 0 Å². The van der Waals surface area contributed by atoms with E-state index in [0.29, 0.717) is 23.7 Å². The van der Waals surface area contributed by atoms with Gasteiger partial charge in [0.05, 0.1) is 6.61 Å². The second kappa shape index (κ2) is 7.99. The lowest BCUT2D eigenvalue weighted by Crippen LogP contribution is -2.45. The number of rotatable bonds is 5. The zero-order valence-electron chi connectivity index (χ0n) is 13.4. The van der Waals surface area contributed by atoms with Gasteiger partial charge < -0.3 is 9.64 Å². The van der Waals surface area contributed by atoms with Crippen LogP contribution in [-0.2, 0) is 9.53 Å². The molecule has 0 aliphatic heterocycles. The third-order valence-corrected chi connectivity index (χ3v) is 3.23. The number of benzene rings is 1. The van der Waals surface area contributed by atoms with Crippen molar-refractivity contribution in [1.29, 1.82) is 0 Å². The summed E-state index contributed by atoms with van der Waals surface area (Å²) in [5.41, 5.74) is 0.180. The lowest BCUT2D eigenvalue weighted by molar-refractivity contribution is -0.137. The van der Waals surface area contributed by atoms with Crippen LogP contribution in [0.3, 0.4) is 0 Å². The van der Waals surface area contributed by atoms with Gasteiger partial charge in [-0.2, -0.15) is 0 Å². The van der Waals surface area contributed by atoms with Gasteiger partial charge in [-0.05, 0) is 52.0 Å². The highest BCUT2D eigenvalue weighted by molar-refractivity contribution is 6.30. The Bertz CT molecular complexity index is 544. The van der Waals surface area contributed by atoms with Gasteiger partial charge in [0.25, 0.3) is 5.91 Å². The van der Waals surface area contributed by atoms with Crippen molar-refractivity contribution in [3.63, 3.8) is 0 Å². The summed E-state index contributed by atoms with van der Waals surface area (Å²) in [6, 6.07) is 6.76. The number of hydrogen-bond acceptors (Lipinski definition) is 3. The van der Waals surface area contributed by atoms with Gasteiger partial charge >= 0.3 is 5.97 Å². The Hall–Kier alpha value is -1.81. The quantitative estimate of drug-likeness (QED) is 0.613. The molecule has 1 rings (SSSR count). The molecule has 120 valence electrons. The molecule has 0 unspecified atom stereocenters. The summed E-state index contributed by atoms with van der Waals surface area (Å²) in [6.45, 7) is 8.23. The van der Waals surface area contributed by atoms with E-state index in [-0.39, 0.29) is 11.4 Å². The van der Waals surface area contributed by atoms with Gasteiger partial charge in [0, 0.05) is 28.7 Å². The highest BCUT2D eigenvalue weighted by Crippen LogP contribution is 2.18. The van der Waals surface area contributed by atoms with E-state index in [9.17, 15) is 9.59 Å². The van der Waals surface area contributed by atoms with Crippen molar-refractivity contribution in [2.45, 2.75) is 33.2 Å². The first-order chi connectivity index (χ1) is 10.3. The number of ether oxygens (including phenoxy) is 1. The van der Waals surface area contributed by atoms with Gasteiger partial charge in [-0.15, -0.1) is 0 Å². The first kappa shape index (κ1) is 18.2. The number of carbonyl (C=O) groups is 2. The molecule has 0 aliphatic carbocycles. The predicted octanol–water partition coefficient (Wildman–Crippen LogP) is 3.70. The minimum absolute atomic E-state index is 0.113. The number of nitrogens with zero attached hydrogens (tertiary/aromatic N) is 1. The van der Waals surface area contributed by atoms with Crippen molar-refractivity contribution in [3.05, 3.63) is 47.0 Å². The van der Waals surface area contributed by atoms with Gasteiger partial charge in [0.1, 0.15) is 0 Å². The Morgan fingerprint density at radius 1 is 1.23 bits per heavy atom. The lowest BCUT2D eigenvalue weighted by atomic mass is 10.0. The van der Waals surface area contributed by atoms with Crippen molar-refractivity contribution in [2.75, 3.05) is 13.2 Å². The van der Waals surface area contributed by atoms with E-state index in [0.717, 1.165) is 0 Å². The van der Waals surface area contributed by atoms with E-state index in [1.165, 1.54) is 6.08 Å². The Morgan fingerprint density at radius 3 is 2.32 bits per heavy atom. The van der Waals surface area contributed by atoms with Gasteiger partial charge in [-0.3, -0.25) is 4.79 Å². The Balaban J connectivity index is 2.87. The second-order valence-corrected chi connectivity index (χ2v) is 6.18. The average molecular weight is 324 g/mol. The van der Waals surface area contributed by atoms with E-state index in [1.54, 1.807) is 42.2 Å². The summed E-state index contributed by atoms with van der Waals surface area (Å²) in [7, 11) is 0. The monoisotopic (exact) mass is 323 g/mol. The fraction of sp³-hybridized carbons (Fsp3) is 0.412. The molecule has 1 amide bonds. The number of hydrogen-bond donors (Lipinski definition) is 0. The molecule has 0 heterocycles. The van der Waals surface area contributed by atoms with E-state index in [2.05, 4.69) is 0 Å². The first-order valence-electron chi connectivity index (χ1n) is 7.16. The molecule has 0 bridgehead atoms. The second-order valence-electron chi connectivity index (χ2n) is 5.75. The first-order valence-corrected chi connectivity index (χ1v) is 7.54. The summed E-state index contributed by atoms with van der Waals surface area (Å²) in [5, 5.41) is 0.584. The highest BCUT2D eigenvalue weighted by atomic mass is 35.5. The topological polar surface area (TPSA) is 46.6 Å². The average Bonchev–Trinajstić information content (AvgIpc) is 2.42. The van der Waals surface area contributed by atoms with Crippen LogP contribution in [-0.4, -0.2) is 35.5 Å². The zero-order valence-corrected chi connectivity index (χ0v) is 14.2. The van der Waals surface area contributed by atoms with E-state index in [4.69, 9.17) is 16.3 Å². The van der Waals surface area contributed by atoms with Crippen molar-refractivity contribution >= 4 is 23.5 Å². The number of halogens is 1. The van der Waals surface area contributed by atoms with Crippen LogP contribution in [0.2, 0.25) is 5.02 Å². The minimum Gasteiger partial charge on any atom is -0.463 e. The maximum Gasteiger partial charge on any atom is 0.330 e. The van der Waals surface area contributed by atoms with Crippen molar-refractivity contribution in [1.82, 2.24) is 4.90 Å². The van der Waals surface area contributed by atoms with Crippen LogP contribution in [0.4, 0.5) is 0 Å². The van der Waals surface area contributed by atoms with Crippen LogP contribution < -0.4 is 0 Å². The van der Waals surface area contributed by atoms with Gasteiger partial charge in [-0.1, -0.05) is 17.7 Å². The molecule has 0 saturated carbocycles.